The van der Waals surface area contributed by atoms with Crippen molar-refractivity contribution in [1.82, 2.24) is 19.9 Å². The standard InChI is InChI=1S/C40H24N4O2/c1-3-10-25(11-4-1)26-18-20-28(21-19-26)38-42-37(27-12-5-2-6-13-27)43-39(44-38)30-14-9-17-35-36(30)31-24-29(22-23-33(31)45-35)40-41-32-15-7-8-16-34(32)46-40/h1-24H. The van der Waals surface area contributed by atoms with Crippen LogP contribution in [0.4, 0.5) is 0 Å². The highest BCUT2D eigenvalue weighted by molar-refractivity contribution is 6.12. The number of rotatable bonds is 5. The molecule has 6 nitrogen and oxygen atoms in total. The number of nitrogens with zero attached hydrogens (tertiary/aromatic N) is 4. The van der Waals surface area contributed by atoms with Crippen molar-refractivity contribution in [2.75, 3.05) is 0 Å². The van der Waals surface area contributed by atoms with Crippen LogP contribution in [0, 0.1) is 0 Å². The van der Waals surface area contributed by atoms with Crippen molar-refractivity contribution in [2.24, 2.45) is 0 Å². The molecule has 0 amide bonds. The molecule has 0 fully saturated rings. The summed E-state index contributed by atoms with van der Waals surface area (Å²) in [6.45, 7) is 0. The zero-order valence-corrected chi connectivity index (χ0v) is 24.5. The van der Waals surface area contributed by atoms with Gasteiger partial charge >= 0.3 is 0 Å². The Morgan fingerprint density at radius 2 is 0.957 bits per heavy atom. The third-order valence-electron chi connectivity index (χ3n) is 8.19. The van der Waals surface area contributed by atoms with E-state index in [1.165, 1.54) is 0 Å². The molecule has 6 heteroatoms. The highest BCUT2D eigenvalue weighted by atomic mass is 16.3. The summed E-state index contributed by atoms with van der Waals surface area (Å²) in [6, 6.07) is 48.4. The lowest BCUT2D eigenvalue weighted by Gasteiger charge is -2.10. The first-order chi connectivity index (χ1) is 22.8. The van der Waals surface area contributed by atoms with Gasteiger partial charge in [0.15, 0.2) is 23.1 Å². The smallest absolute Gasteiger partial charge is 0.227 e. The molecule has 0 saturated heterocycles. The van der Waals surface area contributed by atoms with E-state index in [-0.39, 0.29) is 0 Å². The number of furan rings is 1. The van der Waals surface area contributed by atoms with E-state index in [2.05, 4.69) is 42.5 Å². The Bertz CT molecular complexity index is 2490. The molecule has 9 rings (SSSR count). The van der Waals surface area contributed by atoms with Gasteiger partial charge in [0.2, 0.25) is 5.89 Å². The first-order valence-corrected chi connectivity index (χ1v) is 15.1. The highest BCUT2D eigenvalue weighted by Gasteiger charge is 2.19. The lowest BCUT2D eigenvalue weighted by atomic mass is 10.0. The highest BCUT2D eigenvalue weighted by Crippen LogP contribution is 2.38. The van der Waals surface area contributed by atoms with Gasteiger partial charge in [0, 0.05) is 33.0 Å². The molecule has 0 atom stereocenters. The van der Waals surface area contributed by atoms with E-state index in [0.717, 1.165) is 66.4 Å². The van der Waals surface area contributed by atoms with Crippen molar-refractivity contribution >= 4 is 33.0 Å². The van der Waals surface area contributed by atoms with E-state index in [1.807, 2.05) is 103 Å². The Labute approximate surface area is 263 Å². The summed E-state index contributed by atoms with van der Waals surface area (Å²) in [4.78, 5) is 19.7. The third-order valence-corrected chi connectivity index (χ3v) is 8.19. The van der Waals surface area contributed by atoms with Crippen LogP contribution in [0.5, 0.6) is 0 Å². The molecule has 0 N–H and O–H groups in total. The predicted molar refractivity (Wildman–Crippen MR) is 182 cm³/mol. The SMILES string of the molecule is c1ccc(-c2ccc(-c3nc(-c4ccccc4)nc(-c4cccc5oc6ccc(-c7nc8ccccc8o7)cc6c45)n3)cc2)cc1. The van der Waals surface area contributed by atoms with E-state index < -0.39 is 0 Å². The molecule has 46 heavy (non-hydrogen) atoms. The molecule has 0 saturated carbocycles. The number of hydrogen-bond donors (Lipinski definition) is 0. The van der Waals surface area contributed by atoms with Gasteiger partial charge in [0.1, 0.15) is 16.7 Å². The van der Waals surface area contributed by atoms with Crippen LogP contribution < -0.4 is 0 Å². The van der Waals surface area contributed by atoms with Gasteiger partial charge in [-0.1, -0.05) is 109 Å². The molecule has 0 unspecified atom stereocenters. The van der Waals surface area contributed by atoms with Gasteiger partial charge in [-0.05, 0) is 47.5 Å². The minimum Gasteiger partial charge on any atom is -0.456 e. The van der Waals surface area contributed by atoms with Gasteiger partial charge in [-0.25, -0.2) is 19.9 Å². The van der Waals surface area contributed by atoms with Crippen molar-refractivity contribution in [3.05, 3.63) is 146 Å². The fourth-order valence-corrected chi connectivity index (χ4v) is 5.93. The molecule has 3 aromatic heterocycles. The lowest BCUT2D eigenvalue weighted by molar-refractivity contribution is 0.620. The Balaban J connectivity index is 1.22. The predicted octanol–water partition coefficient (Wildman–Crippen LogP) is 10.2. The summed E-state index contributed by atoms with van der Waals surface area (Å²) in [5.41, 5.74) is 8.90. The number of para-hydroxylation sites is 2. The molecule has 0 bridgehead atoms. The quantitative estimate of drug-likeness (QED) is 0.198. The van der Waals surface area contributed by atoms with Crippen molar-refractivity contribution in [3.8, 4) is 56.7 Å². The van der Waals surface area contributed by atoms with Gasteiger partial charge in [0.25, 0.3) is 0 Å². The fourth-order valence-electron chi connectivity index (χ4n) is 5.93. The van der Waals surface area contributed by atoms with E-state index in [1.54, 1.807) is 0 Å². The maximum Gasteiger partial charge on any atom is 0.227 e. The lowest BCUT2D eigenvalue weighted by Crippen LogP contribution is -2.00. The average molecular weight is 593 g/mol. The van der Waals surface area contributed by atoms with Crippen LogP contribution in [0.15, 0.2) is 154 Å². The Kier molecular flexibility index (Phi) is 6.03. The van der Waals surface area contributed by atoms with Crippen LogP contribution >= 0.6 is 0 Å². The summed E-state index contributed by atoms with van der Waals surface area (Å²) in [7, 11) is 0. The average Bonchev–Trinajstić information content (AvgIpc) is 3.74. The van der Waals surface area contributed by atoms with E-state index in [4.69, 9.17) is 28.8 Å². The summed E-state index contributed by atoms with van der Waals surface area (Å²) >= 11 is 0. The summed E-state index contributed by atoms with van der Waals surface area (Å²) < 4.78 is 12.4. The van der Waals surface area contributed by atoms with Gasteiger partial charge in [-0.3, -0.25) is 0 Å². The van der Waals surface area contributed by atoms with Crippen LogP contribution in [0.2, 0.25) is 0 Å². The number of hydrogen-bond acceptors (Lipinski definition) is 6. The topological polar surface area (TPSA) is 77.8 Å². The summed E-state index contributed by atoms with van der Waals surface area (Å²) in [6.07, 6.45) is 0. The molecular weight excluding hydrogens is 568 g/mol. The number of oxazole rings is 1. The van der Waals surface area contributed by atoms with Crippen molar-refractivity contribution in [1.29, 1.82) is 0 Å². The molecule has 0 spiro atoms. The molecule has 9 aromatic rings. The molecule has 6 aromatic carbocycles. The van der Waals surface area contributed by atoms with Crippen LogP contribution in [-0.4, -0.2) is 19.9 Å². The van der Waals surface area contributed by atoms with E-state index >= 15 is 0 Å². The zero-order chi connectivity index (χ0) is 30.5. The molecule has 0 aliphatic heterocycles. The number of fused-ring (bicyclic) bond motifs is 4. The minimum atomic E-state index is 0.558. The summed E-state index contributed by atoms with van der Waals surface area (Å²) in [5, 5.41) is 1.85. The normalized spacial score (nSPS) is 11.5. The van der Waals surface area contributed by atoms with Crippen LogP contribution in [-0.2, 0) is 0 Å². The first kappa shape index (κ1) is 26.0. The monoisotopic (exact) mass is 592 g/mol. The maximum atomic E-state index is 6.33. The van der Waals surface area contributed by atoms with Crippen LogP contribution in [0.25, 0.3) is 89.8 Å². The van der Waals surface area contributed by atoms with Crippen LogP contribution in [0.1, 0.15) is 0 Å². The zero-order valence-electron chi connectivity index (χ0n) is 24.5. The van der Waals surface area contributed by atoms with Gasteiger partial charge < -0.3 is 8.83 Å². The second-order valence-electron chi connectivity index (χ2n) is 11.1. The molecule has 0 aliphatic rings. The molecule has 216 valence electrons. The summed E-state index contributed by atoms with van der Waals surface area (Å²) in [5.74, 6) is 2.32. The second kappa shape index (κ2) is 10.6. The van der Waals surface area contributed by atoms with Crippen molar-refractivity contribution in [2.45, 2.75) is 0 Å². The van der Waals surface area contributed by atoms with Crippen LogP contribution in [0.3, 0.4) is 0 Å². The number of aromatic nitrogens is 4. The molecule has 0 radical (unpaired) electrons. The van der Waals surface area contributed by atoms with E-state index in [9.17, 15) is 0 Å². The second-order valence-corrected chi connectivity index (χ2v) is 11.1. The van der Waals surface area contributed by atoms with Crippen molar-refractivity contribution < 1.29 is 8.83 Å². The Morgan fingerprint density at radius 3 is 1.72 bits per heavy atom. The third kappa shape index (κ3) is 4.52. The minimum absolute atomic E-state index is 0.558. The fraction of sp³-hybridized carbons (Fsp3) is 0. The Hall–Kier alpha value is -6.40. The van der Waals surface area contributed by atoms with Gasteiger partial charge in [0.05, 0.1) is 0 Å². The first-order valence-electron chi connectivity index (χ1n) is 15.1. The number of benzene rings is 6. The molecular formula is C40H24N4O2. The van der Waals surface area contributed by atoms with Crippen molar-refractivity contribution in [3.63, 3.8) is 0 Å². The van der Waals surface area contributed by atoms with Gasteiger partial charge in [-0.15, -0.1) is 0 Å². The van der Waals surface area contributed by atoms with E-state index in [0.29, 0.717) is 23.4 Å². The Morgan fingerprint density at radius 1 is 0.370 bits per heavy atom. The molecule has 0 aliphatic carbocycles. The molecule has 3 heterocycles. The largest absolute Gasteiger partial charge is 0.456 e. The maximum absolute atomic E-state index is 6.33. The van der Waals surface area contributed by atoms with Gasteiger partial charge in [-0.2, -0.15) is 0 Å².